The normalized spacial score (nSPS) is 17.5. The van der Waals surface area contributed by atoms with Crippen LogP contribution in [-0.4, -0.2) is 40.3 Å². The first kappa shape index (κ1) is 12.1. The van der Waals surface area contributed by atoms with Gasteiger partial charge in [0, 0.05) is 19.6 Å². The van der Waals surface area contributed by atoms with Crippen LogP contribution in [0.15, 0.2) is 18.2 Å². The van der Waals surface area contributed by atoms with Crippen LogP contribution >= 0.6 is 0 Å². The minimum atomic E-state index is -0.888. The van der Waals surface area contributed by atoms with Gasteiger partial charge in [0.2, 0.25) is 0 Å². The number of hydrogen-bond donors (Lipinski definition) is 2. The largest absolute Gasteiger partial charge is 0.478 e. The van der Waals surface area contributed by atoms with Crippen molar-refractivity contribution in [1.82, 2.24) is 4.90 Å². The van der Waals surface area contributed by atoms with Gasteiger partial charge in [0.15, 0.2) is 0 Å². The van der Waals surface area contributed by atoms with Gasteiger partial charge in [-0.05, 0) is 36.6 Å². The van der Waals surface area contributed by atoms with Gasteiger partial charge >= 0.3 is 5.97 Å². The van der Waals surface area contributed by atoms with Gasteiger partial charge in [-0.15, -0.1) is 0 Å². The molecule has 0 aromatic heterocycles. The van der Waals surface area contributed by atoms with Gasteiger partial charge in [-0.1, -0.05) is 6.07 Å². The molecule has 0 radical (unpaired) electrons. The maximum absolute atomic E-state index is 10.9. The summed E-state index contributed by atoms with van der Waals surface area (Å²) in [6.45, 7) is 4.05. The Morgan fingerprint density at radius 3 is 2.88 bits per heavy atom. The van der Waals surface area contributed by atoms with Crippen LogP contribution in [0.25, 0.3) is 0 Å². The molecule has 0 amide bonds. The Morgan fingerprint density at radius 2 is 2.24 bits per heavy atom. The number of β-amino-alcohol motifs (C(OH)–C–C–N with tert-alkyl or cyclic N) is 1. The zero-order chi connectivity index (χ0) is 12.4. The average molecular weight is 235 g/mol. The first-order valence-electron chi connectivity index (χ1n) is 5.82. The lowest BCUT2D eigenvalue weighted by Gasteiger charge is -2.29. The van der Waals surface area contributed by atoms with Crippen LogP contribution in [0.5, 0.6) is 0 Å². The molecule has 17 heavy (non-hydrogen) atoms. The van der Waals surface area contributed by atoms with Gasteiger partial charge in [-0.3, -0.25) is 4.90 Å². The highest BCUT2D eigenvalue weighted by Gasteiger charge is 2.18. The molecule has 92 valence electrons. The van der Waals surface area contributed by atoms with Crippen molar-refractivity contribution in [2.24, 2.45) is 0 Å². The van der Waals surface area contributed by atoms with Crippen LogP contribution < -0.4 is 0 Å². The van der Waals surface area contributed by atoms with Crippen molar-refractivity contribution < 1.29 is 15.0 Å². The molecule has 0 spiro atoms. The van der Waals surface area contributed by atoms with E-state index < -0.39 is 5.97 Å². The minimum Gasteiger partial charge on any atom is -0.478 e. The van der Waals surface area contributed by atoms with Crippen LogP contribution in [0, 0.1) is 0 Å². The van der Waals surface area contributed by atoms with Crippen LogP contribution in [0.1, 0.15) is 28.4 Å². The number of hydrogen-bond acceptors (Lipinski definition) is 3. The summed E-state index contributed by atoms with van der Waals surface area (Å²) in [5, 5.41) is 18.3. The summed E-state index contributed by atoms with van der Waals surface area (Å²) in [5.74, 6) is -0.888. The summed E-state index contributed by atoms with van der Waals surface area (Å²) in [4.78, 5) is 13.0. The van der Waals surface area contributed by atoms with E-state index in [1.54, 1.807) is 19.1 Å². The fourth-order valence-corrected chi connectivity index (χ4v) is 2.28. The number of carbonyl (C=O) groups is 1. The Hall–Kier alpha value is -1.39. The van der Waals surface area contributed by atoms with Crippen molar-refractivity contribution in [3.05, 3.63) is 34.9 Å². The van der Waals surface area contributed by atoms with E-state index in [1.807, 2.05) is 6.07 Å². The molecule has 1 atom stereocenters. The number of carboxylic acids is 1. The smallest absolute Gasteiger partial charge is 0.335 e. The van der Waals surface area contributed by atoms with Gasteiger partial charge in [0.1, 0.15) is 0 Å². The van der Waals surface area contributed by atoms with E-state index >= 15 is 0 Å². The van der Waals surface area contributed by atoms with Crippen molar-refractivity contribution in [1.29, 1.82) is 0 Å². The number of aromatic carboxylic acids is 1. The molecule has 1 aromatic rings. The van der Waals surface area contributed by atoms with Crippen LogP contribution in [0.4, 0.5) is 0 Å². The summed E-state index contributed by atoms with van der Waals surface area (Å²) in [6.07, 6.45) is 0.571. The fourth-order valence-electron chi connectivity index (χ4n) is 2.28. The van der Waals surface area contributed by atoms with Gasteiger partial charge in [-0.25, -0.2) is 4.79 Å². The van der Waals surface area contributed by atoms with Gasteiger partial charge in [-0.2, -0.15) is 0 Å². The predicted octanol–water partition coefficient (Wildman–Crippen LogP) is 1.12. The molecule has 0 saturated heterocycles. The third-order valence-electron chi connectivity index (χ3n) is 3.07. The molecular weight excluding hydrogens is 218 g/mol. The quantitative estimate of drug-likeness (QED) is 0.824. The van der Waals surface area contributed by atoms with Gasteiger partial charge < -0.3 is 10.2 Å². The molecule has 1 unspecified atom stereocenters. The highest BCUT2D eigenvalue weighted by molar-refractivity contribution is 5.87. The Kier molecular flexibility index (Phi) is 3.45. The van der Waals surface area contributed by atoms with Crippen molar-refractivity contribution in [2.45, 2.75) is 26.0 Å². The first-order chi connectivity index (χ1) is 8.06. The van der Waals surface area contributed by atoms with Crippen LogP contribution in [0.3, 0.4) is 0 Å². The fraction of sp³-hybridized carbons (Fsp3) is 0.462. The number of benzene rings is 1. The summed E-state index contributed by atoms with van der Waals surface area (Å²) >= 11 is 0. The third-order valence-corrected chi connectivity index (χ3v) is 3.07. The molecule has 1 aliphatic rings. The van der Waals surface area contributed by atoms with Crippen molar-refractivity contribution in [2.75, 3.05) is 13.1 Å². The Labute approximate surface area is 100 Å². The lowest BCUT2D eigenvalue weighted by molar-refractivity contribution is 0.0696. The molecule has 1 heterocycles. The molecule has 4 nitrogen and oxygen atoms in total. The molecule has 0 saturated carbocycles. The molecule has 0 fully saturated rings. The van der Waals surface area contributed by atoms with E-state index in [4.69, 9.17) is 5.11 Å². The van der Waals surface area contributed by atoms with E-state index in [9.17, 15) is 9.90 Å². The highest BCUT2D eigenvalue weighted by atomic mass is 16.4. The maximum Gasteiger partial charge on any atom is 0.335 e. The van der Waals surface area contributed by atoms with E-state index in [0.29, 0.717) is 12.1 Å². The van der Waals surface area contributed by atoms with Crippen molar-refractivity contribution in [3.63, 3.8) is 0 Å². The monoisotopic (exact) mass is 235 g/mol. The number of nitrogens with zero attached hydrogens (tertiary/aromatic N) is 1. The molecule has 1 aromatic carbocycles. The zero-order valence-corrected chi connectivity index (χ0v) is 9.89. The number of aliphatic hydroxyl groups is 1. The van der Waals surface area contributed by atoms with Gasteiger partial charge in [0.05, 0.1) is 11.7 Å². The van der Waals surface area contributed by atoms with E-state index in [2.05, 4.69) is 4.90 Å². The van der Waals surface area contributed by atoms with Crippen LogP contribution in [-0.2, 0) is 13.0 Å². The number of rotatable bonds is 3. The second kappa shape index (κ2) is 4.85. The molecule has 0 bridgehead atoms. The molecule has 2 rings (SSSR count). The lowest BCUT2D eigenvalue weighted by Crippen LogP contribution is -2.35. The van der Waals surface area contributed by atoms with E-state index in [1.165, 1.54) is 5.56 Å². The molecule has 0 aliphatic carbocycles. The molecular formula is C13H17NO3. The van der Waals surface area contributed by atoms with E-state index in [-0.39, 0.29) is 6.10 Å². The maximum atomic E-state index is 10.9. The lowest BCUT2D eigenvalue weighted by atomic mass is 9.97. The summed E-state index contributed by atoms with van der Waals surface area (Å²) in [7, 11) is 0. The van der Waals surface area contributed by atoms with E-state index in [0.717, 1.165) is 25.1 Å². The highest BCUT2D eigenvalue weighted by Crippen LogP contribution is 2.20. The Bertz CT molecular complexity index is 429. The molecule has 1 aliphatic heterocycles. The second-order valence-corrected chi connectivity index (χ2v) is 4.62. The topological polar surface area (TPSA) is 60.8 Å². The minimum absolute atomic E-state index is 0.336. The average Bonchev–Trinajstić information content (AvgIpc) is 2.27. The first-order valence-corrected chi connectivity index (χ1v) is 5.82. The standard InChI is InChI=1S/C13H17NO3/c1-9(15)7-14-5-4-10-2-3-11(13(16)17)6-12(10)8-14/h2-3,6,9,15H,4-5,7-8H2,1H3,(H,16,17). The Balaban J connectivity index is 2.17. The summed E-state index contributed by atoms with van der Waals surface area (Å²) in [6, 6.07) is 5.30. The predicted molar refractivity (Wildman–Crippen MR) is 64.1 cm³/mol. The Morgan fingerprint density at radius 1 is 1.47 bits per heavy atom. The SMILES string of the molecule is CC(O)CN1CCc2ccc(C(=O)O)cc2C1. The second-order valence-electron chi connectivity index (χ2n) is 4.62. The number of carboxylic acid groups (broad SMARTS) is 1. The number of aliphatic hydroxyl groups excluding tert-OH is 1. The molecule has 2 N–H and O–H groups in total. The summed E-state index contributed by atoms with van der Waals surface area (Å²) in [5.41, 5.74) is 2.62. The van der Waals surface area contributed by atoms with Gasteiger partial charge in [0.25, 0.3) is 0 Å². The summed E-state index contributed by atoms with van der Waals surface area (Å²) < 4.78 is 0. The van der Waals surface area contributed by atoms with Crippen molar-refractivity contribution in [3.8, 4) is 0 Å². The molecule has 4 heteroatoms. The van der Waals surface area contributed by atoms with Crippen molar-refractivity contribution >= 4 is 5.97 Å². The zero-order valence-electron chi connectivity index (χ0n) is 9.89. The number of fused-ring (bicyclic) bond motifs is 1. The van der Waals surface area contributed by atoms with Crippen LogP contribution in [0.2, 0.25) is 0 Å². The third kappa shape index (κ3) is 2.84.